The van der Waals surface area contributed by atoms with Crippen molar-refractivity contribution in [3.8, 4) is 0 Å². The number of hydrogen-bond acceptors (Lipinski definition) is 3. The first-order valence-corrected chi connectivity index (χ1v) is 6.52. The number of carbonyl (C=O) groups is 1. The lowest BCUT2D eigenvalue weighted by atomic mass is 10.00. The highest BCUT2D eigenvalue weighted by Gasteiger charge is 2.19. The van der Waals surface area contributed by atoms with E-state index in [1.54, 1.807) is 0 Å². The fourth-order valence-corrected chi connectivity index (χ4v) is 2.71. The molecular formula is C12H17NO2S. The molecule has 2 rings (SSSR count). The molecule has 0 unspecified atom stereocenters. The van der Waals surface area contributed by atoms with Gasteiger partial charge in [-0.25, -0.2) is 0 Å². The number of amides is 1. The zero-order valence-electron chi connectivity index (χ0n) is 9.52. The summed E-state index contributed by atoms with van der Waals surface area (Å²) in [6.07, 6.45) is 2.14. The molecule has 1 aromatic rings. The summed E-state index contributed by atoms with van der Waals surface area (Å²) < 4.78 is 5.31. The molecule has 3 nitrogen and oxygen atoms in total. The Labute approximate surface area is 100 Å². The third-order valence-electron chi connectivity index (χ3n) is 2.95. The van der Waals surface area contributed by atoms with Gasteiger partial charge in [0.15, 0.2) is 0 Å². The molecule has 0 aliphatic carbocycles. The molecule has 0 bridgehead atoms. The van der Waals surface area contributed by atoms with Crippen molar-refractivity contribution in [2.75, 3.05) is 26.8 Å². The fraction of sp³-hybridized carbons (Fsp3) is 0.583. The second kappa shape index (κ2) is 5.46. The fourth-order valence-electron chi connectivity index (χ4n) is 1.99. The monoisotopic (exact) mass is 239 g/mol. The summed E-state index contributed by atoms with van der Waals surface area (Å²) in [5.41, 5.74) is 0. The van der Waals surface area contributed by atoms with E-state index >= 15 is 0 Å². The van der Waals surface area contributed by atoms with Crippen LogP contribution >= 0.6 is 11.3 Å². The average molecular weight is 239 g/mol. The predicted octanol–water partition coefficient (Wildman–Crippen LogP) is 2.25. The van der Waals surface area contributed by atoms with Crippen LogP contribution in [0, 0.1) is 5.92 Å². The summed E-state index contributed by atoms with van der Waals surface area (Å²) in [7, 11) is 1.89. The minimum absolute atomic E-state index is 0.140. The molecular weight excluding hydrogens is 222 g/mol. The van der Waals surface area contributed by atoms with E-state index in [9.17, 15) is 4.79 Å². The third-order valence-corrected chi connectivity index (χ3v) is 3.81. The molecule has 4 heteroatoms. The van der Waals surface area contributed by atoms with Gasteiger partial charge in [0.1, 0.15) is 0 Å². The molecule has 1 saturated heterocycles. The van der Waals surface area contributed by atoms with Crippen molar-refractivity contribution in [3.05, 3.63) is 22.4 Å². The van der Waals surface area contributed by atoms with Crippen molar-refractivity contribution in [1.82, 2.24) is 4.90 Å². The predicted molar refractivity (Wildman–Crippen MR) is 64.8 cm³/mol. The second-order valence-electron chi connectivity index (χ2n) is 4.22. The Morgan fingerprint density at radius 3 is 2.94 bits per heavy atom. The molecule has 0 spiro atoms. The third kappa shape index (κ3) is 2.83. The molecule has 88 valence electrons. The zero-order chi connectivity index (χ0) is 11.4. The Hall–Kier alpha value is -0.870. The van der Waals surface area contributed by atoms with Gasteiger partial charge in [0.05, 0.1) is 4.88 Å². The Kier molecular flexibility index (Phi) is 3.96. The van der Waals surface area contributed by atoms with Gasteiger partial charge in [0.2, 0.25) is 0 Å². The minimum atomic E-state index is 0.140. The van der Waals surface area contributed by atoms with Crippen LogP contribution in [-0.2, 0) is 4.74 Å². The molecule has 1 amide bonds. The topological polar surface area (TPSA) is 29.5 Å². The quantitative estimate of drug-likeness (QED) is 0.809. The Morgan fingerprint density at radius 1 is 1.56 bits per heavy atom. The lowest BCUT2D eigenvalue weighted by Crippen LogP contribution is -2.33. The SMILES string of the molecule is CN(CC1CCOCC1)C(=O)c1cccs1. The van der Waals surface area contributed by atoms with E-state index in [2.05, 4.69) is 0 Å². The number of thiophene rings is 1. The van der Waals surface area contributed by atoms with Crippen molar-refractivity contribution < 1.29 is 9.53 Å². The number of nitrogens with zero attached hydrogens (tertiary/aromatic N) is 1. The van der Waals surface area contributed by atoms with Gasteiger partial charge in [-0.3, -0.25) is 4.79 Å². The van der Waals surface area contributed by atoms with Crippen LogP contribution in [0.4, 0.5) is 0 Å². The molecule has 0 saturated carbocycles. The summed E-state index contributed by atoms with van der Waals surface area (Å²) in [5, 5.41) is 1.94. The second-order valence-corrected chi connectivity index (χ2v) is 5.17. The van der Waals surface area contributed by atoms with Crippen molar-refractivity contribution >= 4 is 17.2 Å². The van der Waals surface area contributed by atoms with Gasteiger partial charge >= 0.3 is 0 Å². The van der Waals surface area contributed by atoms with E-state index in [4.69, 9.17) is 4.74 Å². The van der Waals surface area contributed by atoms with Gasteiger partial charge in [-0.15, -0.1) is 11.3 Å². The highest BCUT2D eigenvalue weighted by Crippen LogP contribution is 2.17. The van der Waals surface area contributed by atoms with E-state index in [1.165, 1.54) is 11.3 Å². The molecule has 16 heavy (non-hydrogen) atoms. The maximum absolute atomic E-state index is 12.0. The van der Waals surface area contributed by atoms with Gasteiger partial charge in [-0.1, -0.05) is 6.07 Å². The zero-order valence-corrected chi connectivity index (χ0v) is 10.3. The van der Waals surface area contributed by atoms with Crippen molar-refractivity contribution in [2.45, 2.75) is 12.8 Å². The lowest BCUT2D eigenvalue weighted by Gasteiger charge is -2.26. The smallest absolute Gasteiger partial charge is 0.263 e. The van der Waals surface area contributed by atoms with E-state index in [-0.39, 0.29) is 5.91 Å². The number of hydrogen-bond donors (Lipinski definition) is 0. The normalized spacial score (nSPS) is 17.3. The molecule has 0 atom stereocenters. The van der Waals surface area contributed by atoms with Crippen LogP contribution in [0.2, 0.25) is 0 Å². The standard InChI is InChI=1S/C12H17NO2S/c1-13(9-10-4-6-15-7-5-10)12(14)11-3-2-8-16-11/h2-3,8,10H,4-7,9H2,1H3. The molecule has 1 aromatic heterocycles. The van der Waals surface area contributed by atoms with Gasteiger partial charge in [0, 0.05) is 26.8 Å². The summed E-state index contributed by atoms with van der Waals surface area (Å²) >= 11 is 1.51. The molecule has 1 aliphatic rings. The molecule has 0 radical (unpaired) electrons. The van der Waals surface area contributed by atoms with Crippen LogP contribution in [0.25, 0.3) is 0 Å². The van der Waals surface area contributed by atoms with E-state index in [0.29, 0.717) is 5.92 Å². The first-order valence-electron chi connectivity index (χ1n) is 5.64. The van der Waals surface area contributed by atoms with Crippen LogP contribution in [0.1, 0.15) is 22.5 Å². The molecule has 0 N–H and O–H groups in total. The number of rotatable bonds is 3. The Balaban J connectivity index is 1.87. The molecule has 1 aliphatic heterocycles. The van der Waals surface area contributed by atoms with Crippen LogP contribution in [0.15, 0.2) is 17.5 Å². The van der Waals surface area contributed by atoms with E-state index in [1.807, 2.05) is 29.5 Å². The van der Waals surface area contributed by atoms with E-state index in [0.717, 1.165) is 37.5 Å². The van der Waals surface area contributed by atoms with Gasteiger partial charge < -0.3 is 9.64 Å². The van der Waals surface area contributed by atoms with Gasteiger partial charge in [-0.2, -0.15) is 0 Å². The average Bonchev–Trinajstić information content (AvgIpc) is 2.83. The molecule has 2 heterocycles. The van der Waals surface area contributed by atoms with Crippen LogP contribution in [0.3, 0.4) is 0 Å². The van der Waals surface area contributed by atoms with Crippen molar-refractivity contribution in [3.63, 3.8) is 0 Å². The van der Waals surface area contributed by atoms with Crippen molar-refractivity contribution in [1.29, 1.82) is 0 Å². The van der Waals surface area contributed by atoms with Gasteiger partial charge in [0.25, 0.3) is 5.91 Å². The maximum atomic E-state index is 12.0. The molecule has 1 fully saturated rings. The van der Waals surface area contributed by atoms with E-state index < -0.39 is 0 Å². The number of ether oxygens (including phenoxy) is 1. The van der Waals surface area contributed by atoms with Gasteiger partial charge in [-0.05, 0) is 30.2 Å². The summed E-state index contributed by atoms with van der Waals surface area (Å²) in [6, 6.07) is 3.80. The molecule has 0 aromatic carbocycles. The highest BCUT2D eigenvalue weighted by atomic mass is 32.1. The van der Waals surface area contributed by atoms with Crippen LogP contribution < -0.4 is 0 Å². The Bertz CT molecular complexity index is 331. The van der Waals surface area contributed by atoms with Crippen molar-refractivity contribution in [2.24, 2.45) is 5.92 Å². The maximum Gasteiger partial charge on any atom is 0.263 e. The summed E-state index contributed by atoms with van der Waals surface area (Å²) in [4.78, 5) is 14.6. The minimum Gasteiger partial charge on any atom is -0.381 e. The summed E-state index contributed by atoms with van der Waals surface area (Å²) in [5.74, 6) is 0.740. The first kappa shape index (κ1) is 11.6. The largest absolute Gasteiger partial charge is 0.381 e. The number of carbonyl (C=O) groups excluding carboxylic acids is 1. The summed E-state index contributed by atoms with van der Waals surface area (Å²) in [6.45, 7) is 2.53. The highest BCUT2D eigenvalue weighted by molar-refractivity contribution is 7.12. The van der Waals surface area contributed by atoms with Crippen LogP contribution in [0.5, 0.6) is 0 Å². The Morgan fingerprint density at radius 2 is 2.31 bits per heavy atom. The van der Waals surface area contributed by atoms with Crippen LogP contribution in [-0.4, -0.2) is 37.6 Å². The lowest BCUT2D eigenvalue weighted by molar-refractivity contribution is 0.0499. The first-order chi connectivity index (χ1) is 7.77.